The number of fused-ring (bicyclic) bond motifs is 1. The highest BCUT2D eigenvalue weighted by atomic mass is 16.7. The van der Waals surface area contributed by atoms with E-state index in [0.717, 1.165) is 11.6 Å². The van der Waals surface area contributed by atoms with Gasteiger partial charge in [-0.05, 0) is 44.5 Å². The lowest BCUT2D eigenvalue weighted by molar-refractivity contribution is -0.277. The molecule has 0 bridgehead atoms. The van der Waals surface area contributed by atoms with Gasteiger partial charge in [-0.2, -0.15) is 0 Å². The molecular formula is C32H38O15. The van der Waals surface area contributed by atoms with Crippen molar-refractivity contribution in [2.75, 3.05) is 13.2 Å². The summed E-state index contributed by atoms with van der Waals surface area (Å²) in [6.07, 6.45) is -13.3. The maximum absolute atomic E-state index is 13.3. The molecule has 10 unspecified atom stereocenters. The van der Waals surface area contributed by atoms with Gasteiger partial charge >= 0.3 is 0 Å². The number of aromatic hydroxyl groups is 1. The van der Waals surface area contributed by atoms with Gasteiger partial charge in [0.05, 0.1) is 13.2 Å². The first-order chi connectivity index (χ1) is 22.3. The van der Waals surface area contributed by atoms with Gasteiger partial charge in [0, 0.05) is 23.3 Å². The summed E-state index contributed by atoms with van der Waals surface area (Å²) in [4.78, 5) is 13.3. The van der Waals surface area contributed by atoms with Crippen molar-refractivity contribution in [3.8, 4) is 28.6 Å². The minimum absolute atomic E-state index is 0.0359. The Labute approximate surface area is 267 Å². The number of phenolic OH excluding ortho intramolecular Hbond substituents is 1. The van der Waals surface area contributed by atoms with E-state index in [1.54, 1.807) is 0 Å². The summed E-state index contributed by atoms with van der Waals surface area (Å²) >= 11 is 0. The normalized spacial score (nSPS) is 31.0. The maximum atomic E-state index is 13.3. The van der Waals surface area contributed by atoms with Crippen LogP contribution in [0.5, 0.6) is 17.2 Å². The van der Waals surface area contributed by atoms with Gasteiger partial charge in [0.25, 0.3) is 0 Å². The highest BCUT2D eigenvalue weighted by Crippen LogP contribution is 2.38. The Morgan fingerprint density at radius 2 is 1.34 bits per heavy atom. The van der Waals surface area contributed by atoms with Crippen LogP contribution < -0.4 is 14.9 Å². The fourth-order valence-electron chi connectivity index (χ4n) is 5.38. The Balaban J connectivity index is 1.50. The van der Waals surface area contributed by atoms with Crippen molar-refractivity contribution in [1.82, 2.24) is 0 Å². The second-order valence-electron chi connectivity index (χ2n) is 11.7. The minimum Gasteiger partial charge on any atom is -0.507 e. The summed E-state index contributed by atoms with van der Waals surface area (Å²) in [6.45, 7) is 2.39. The number of rotatable bonds is 9. The molecule has 10 atom stereocenters. The maximum Gasteiger partial charge on any atom is 0.229 e. The molecule has 47 heavy (non-hydrogen) atoms. The largest absolute Gasteiger partial charge is 0.507 e. The summed E-state index contributed by atoms with van der Waals surface area (Å²) < 4.78 is 28.5. The van der Waals surface area contributed by atoms with Crippen LogP contribution in [0.4, 0.5) is 0 Å². The second kappa shape index (κ2) is 14.2. The predicted octanol–water partition coefficient (Wildman–Crippen LogP) is -0.968. The summed E-state index contributed by atoms with van der Waals surface area (Å²) in [5.41, 5.74) is 0.971. The third kappa shape index (κ3) is 7.00. The Kier molecular flexibility index (Phi) is 10.5. The van der Waals surface area contributed by atoms with E-state index in [0.29, 0.717) is 5.56 Å². The average Bonchev–Trinajstić information content (AvgIpc) is 3.04. The molecule has 1 aromatic heterocycles. The number of allylic oxidation sites excluding steroid dienone is 2. The van der Waals surface area contributed by atoms with Gasteiger partial charge in [-0.15, -0.1) is 0 Å². The smallest absolute Gasteiger partial charge is 0.229 e. The number of aliphatic hydroxyl groups is 8. The zero-order valence-corrected chi connectivity index (χ0v) is 25.4. The molecule has 9 N–H and O–H groups in total. The van der Waals surface area contributed by atoms with Gasteiger partial charge in [-0.1, -0.05) is 11.6 Å². The van der Waals surface area contributed by atoms with Crippen molar-refractivity contribution in [2.24, 2.45) is 0 Å². The Morgan fingerprint density at radius 3 is 1.87 bits per heavy atom. The van der Waals surface area contributed by atoms with E-state index in [1.807, 2.05) is 19.9 Å². The summed E-state index contributed by atoms with van der Waals surface area (Å²) in [6, 6.07) is 8.35. The number of benzene rings is 2. The zero-order chi connectivity index (χ0) is 34.2. The molecule has 0 saturated carbocycles. The predicted molar refractivity (Wildman–Crippen MR) is 162 cm³/mol. The average molecular weight is 663 g/mol. The molecule has 15 nitrogen and oxygen atoms in total. The van der Waals surface area contributed by atoms with E-state index in [-0.39, 0.29) is 40.2 Å². The van der Waals surface area contributed by atoms with E-state index in [9.17, 15) is 50.8 Å². The number of hydrogen-bond donors (Lipinski definition) is 9. The molecule has 2 saturated heterocycles. The van der Waals surface area contributed by atoms with Crippen LogP contribution in [0.2, 0.25) is 0 Å². The molecule has 0 spiro atoms. The standard InChI is InChI=1S/C32H38O15/c1-13(2)3-8-16-20(45-32-29(42)27(40)25(38)22(12-34)47-32)10-18(36)23-17(35)9-19(44-30(16)23)14-4-6-15(7-5-14)43-31-28(41)26(39)24(37)21(11-33)46-31/h3-7,9-10,21-22,24-29,31-34,36-42H,8,11-12H2,1-2H3. The van der Waals surface area contributed by atoms with Crippen molar-refractivity contribution in [2.45, 2.75) is 81.7 Å². The molecule has 3 heterocycles. The topological polar surface area (TPSA) is 249 Å². The van der Waals surface area contributed by atoms with E-state index in [2.05, 4.69) is 0 Å². The van der Waals surface area contributed by atoms with E-state index in [1.165, 1.54) is 30.3 Å². The quantitative estimate of drug-likeness (QED) is 0.125. The second-order valence-corrected chi connectivity index (χ2v) is 11.7. The first kappa shape index (κ1) is 34.7. The number of aliphatic hydroxyl groups excluding tert-OH is 8. The molecule has 256 valence electrons. The van der Waals surface area contributed by atoms with Crippen LogP contribution in [0.3, 0.4) is 0 Å². The Hall–Kier alpha value is -3.61. The molecule has 2 aliphatic rings. The van der Waals surface area contributed by atoms with Crippen molar-refractivity contribution in [1.29, 1.82) is 0 Å². The van der Waals surface area contributed by atoms with Gasteiger partial charge in [0.1, 0.15) is 82.8 Å². The van der Waals surface area contributed by atoms with Crippen LogP contribution >= 0.6 is 0 Å². The fraction of sp³-hybridized carbons (Fsp3) is 0.469. The molecule has 3 aromatic rings. The lowest BCUT2D eigenvalue weighted by Crippen LogP contribution is -2.60. The third-order valence-corrected chi connectivity index (χ3v) is 8.09. The summed E-state index contributed by atoms with van der Waals surface area (Å²) in [5.74, 6) is -0.285. The molecular weight excluding hydrogens is 624 g/mol. The first-order valence-electron chi connectivity index (χ1n) is 14.8. The molecule has 2 aliphatic heterocycles. The monoisotopic (exact) mass is 662 g/mol. The molecule has 0 aliphatic carbocycles. The van der Waals surface area contributed by atoms with Crippen molar-refractivity contribution < 1.29 is 69.3 Å². The summed E-state index contributed by atoms with van der Waals surface area (Å²) in [5, 5.41) is 91.0. The first-order valence-corrected chi connectivity index (χ1v) is 14.8. The third-order valence-electron chi connectivity index (χ3n) is 8.09. The highest BCUT2D eigenvalue weighted by molar-refractivity contribution is 5.89. The van der Waals surface area contributed by atoms with Gasteiger partial charge in [-0.25, -0.2) is 0 Å². The SMILES string of the molecule is CC(C)=CCc1c(OC2OC(CO)C(O)C(O)C2O)cc(O)c2c(=O)cc(-c3ccc(OC4OC(CO)C(O)C(O)C4O)cc3)oc12. The Bertz CT molecular complexity index is 1630. The van der Waals surface area contributed by atoms with Gasteiger partial charge in [0.2, 0.25) is 12.6 Å². The van der Waals surface area contributed by atoms with E-state index >= 15 is 0 Å². The lowest BCUT2D eigenvalue weighted by atomic mass is 9.99. The van der Waals surface area contributed by atoms with E-state index < -0.39 is 85.8 Å². The van der Waals surface area contributed by atoms with Crippen LogP contribution in [-0.2, 0) is 15.9 Å². The molecule has 15 heteroatoms. The van der Waals surface area contributed by atoms with Gasteiger partial charge < -0.3 is 69.3 Å². The van der Waals surface area contributed by atoms with Crippen LogP contribution in [0, 0.1) is 0 Å². The van der Waals surface area contributed by atoms with Gasteiger partial charge in [0.15, 0.2) is 5.43 Å². The van der Waals surface area contributed by atoms with Crippen molar-refractivity contribution >= 4 is 11.0 Å². The number of phenols is 1. The minimum atomic E-state index is -1.73. The van der Waals surface area contributed by atoms with Gasteiger partial charge in [-0.3, -0.25) is 4.79 Å². The van der Waals surface area contributed by atoms with Crippen molar-refractivity contribution in [3.05, 3.63) is 63.8 Å². The molecule has 2 fully saturated rings. The lowest BCUT2D eigenvalue weighted by Gasteiger charge is -2.39. The summed E-state index contributed by atoms with van der Waals surface area (Å²) in [7, 11) is 0. The number of ether oxygens (including phenoxy) is 4. The van der Waals surface area contributed by atoms with Crippen LogP contribution in [0.25, 0.3) is 22.3 Å². The highest BCUT2D eigenvalue weighted by Gasteiger charge is 2.46. The molecule has 0 amide bonds. The number of hydrogen-bond acceptors (Lipinski definition) is 15. The van der Waals surface area contributed by atoms with Crippen LogP contribution in [-0.4, -0.2) is 121 Å². The van der Waals surface area contributed by atoms with Crippen molar-refractivity contribution in [3.63, 3.8) is 0 Å². The fourth-order valence-corrected chi connectivity index (χ4v) is 5.38. The van der Waals surface area contributed by atoms with E-state index in [4.69, 9.17) is 23.4 Å². The molecule has 2 aromatic carbocycles. The van der Waals surface area contributed by atoms with Crippen LogP contribution in [0.15, 0.2) is 57.3 Å². The zero-order valence-electron chi connectivity index (χ0n) is 25.4. The molecule has 0 radical (unpaired) electrons. The van der Waals surface area contributed by atoms with Crippen LogP contribution in [0.1, 0.15) is 19.4 Å². The molecule has 5 rings (SSSR count). The Morgan fingerprint density at radius 1 is 0.787 bits per heavy atom.